The summed E-state index contributed by atoms with van der Waals surface area (Å²) in [6, 6.07) is 10.6. The van der Waals surface area contributed by atoms with E-state index >= 15 is 0 Å². The van der Waals surface area contributed by atoms with Gasteiger partial charge in [0.2, 0.25) is 15.9 Å². The number of hydrogen-bond donors (Lipinski definition) is 2. The van der Waals surface area contributed by atoms with Crippen LogP contribution in [0.1, 0.15) is 5.76 Å². The molecule has 0 atom stereocenters. The third-order valence-corrected chi connectivity index (χ3v) is 4.05. The van der Waals surface area contributed by atoms with E-state index < -0.39 is 10.0 Å². The van der Waals surface area contributed by atoms with E-state index in [4.69, 9.17) is 4.42 Å². The molecule has 2 aromatic heterocycles. The highest BCUT2D eigenvalue weighted by molar-refractivity contribution is 7.92. The third-order valence-electron chi connectivity index (χ3n) is 3.46. The predicted octanol–water partition coefficient (Wildman–Crippen LogP) is 1.92. The van der Waals surface area contributed by atoms with E-state index in [0.29, 0.717) is 18.0 Å². The number of benzene rings is 1. The van der Waals surface area contributed by atoms with E-state index in [1.165, 1.54) is 0 Å². The Morgan fingerprint density at radius 3 is 2.75 bits per heavy atom. The average molecular weight is 347 g/mol. The van der Waals surface area contributed by atoms with Gasteiger partial charge >= 0.3 is 0 Å². The van der Waals surface area contributed by atoms with Crippen LogP contribution in [0.5, 0.6) is 0 Å². The monoisotopic (exact) mass is 347 g/mol. The first kappa shape index (κ1) is 16.1. The molecule has 0 aliphatic carbocycles. The standard InChI is InChI=1S/C16H17N3O4S/c1-24(21,22)18-14-5-2-6-15-13(14)7-8-19(15)11-16(20)17-10-12-4-3-9-23-12/h2-9,18H,10-11H2,1H3,(H,17,20). The molecule has 0 fully saturated rings. The number of amides is 1. The highest BCUT2D eigenvalue weighted by atomic mass is 32.2. The Bertz CT molecular complexity index is 959. The van der Waals surface area contributed by atoms with Gasteiger partial charge in [-0.15, -0.1) is 0 Å². The first-order chi connectivity index (χ1) is 11.4. The lowest BCUT2D eigenvalue weighted by molar-refractivity contribution is -0.121. The zero-order valence-electron chi connectivity index (χ0n) is 13.0. The average Bonchev–Trinajstić information content (AvgIpc) is 3.14. The van der Waals surface area contributed by atoms with Crippen LogP contribution in [0, 0.1) is 0 Å². The molecule has 1 aromatic carbocycles. The largest absolute Gasteiger partial charge is 0.467 e. The molecular weight excluding hydrogens is 330 g/mol. The summed E-state index contributed by atoms with van der Waals surface area (Å²) in [6.45, 7) is 0.457. The summed E-state index contributed by atoms with van der Waals surface area (Å²) in [7, 11) is -3.37. The molecule has 3 aromatic rings. The van der Waals surface area contributed by atoms with Crippen LogP contribution in [0.2, 0.25) is 0 Å². The van der Waals surface area contributed by atoms with Gasteiger partial charge in [-0.3, -0.25) is 9.52 Å². The molecule has 0 bridgehead atoms. The van der Waals surface area contributed by atoms with Crippen LogP contribution in [-0.2, 0) is 27.9 Å². The molecule has 0 saturated heterocycles. The number of nitrogens with one attached hydrogen (secondary N) is 2. The quantitative estimate of drug-likeness (QED) is 0.712. The van der Waals surface area contributed by atoms with Gasteiger partial charge in [0.15, 0.2) is 0 Å². The topological polar surface area (TPSA) is 93.3 Å². The van der Waals surface area contributed by atoms with E-state index in [1.807, 2.05) is 6.07 Å². The van der Waals surface area contributed by atoms with Crippen LogP contribution in [0.25, 0.3) is 10.9 Å². The molecule has 1 amide bonds. The van der Waals surface area contributed by atoms with Crippen molar-refractivity contribution in [3.8, 4) is 0 Å². The minimum absolute atomic E-state index is 0.131. The normalized spacial score (nSPS) is 11.5. The van der Waals surface area contributed by atoms with Gasteiger partial charge in [0.25, 0.3) is 0 Å². The van der Waals surface area contributed by atoms with E-state index in [-0.39, 0.29) is 12.5 Å². The molecule has 2 N–H and O–H groups in total. The molecule has 0 radical (unpaired) electrons. The maximum absolute atomic E-state index is 12.1. The first-order valence-electron chi connectivity index (χ1n) is 7.27. The van der Waals surface area contributed by atoms with Crippen molar-refractivity contribution < 1.29 is 17.6 Å². The van der Waals surface area contributed by atoms with Crippen LogP contribution in [0.15, 0.2) is 53.3 Å². The van der Waals surface area contributed by atoms with E-state index in [0.717, 1.165) is 17.2 Å². The van der Waals surface area contributed by atoms with Gasteiger partial charge in [-0.05, 0) is 30.3 Å². The lowest BCUT2D eigenvalue weighted by Crippen LogP contribution is -2.26. The summed E-state index contributed by atoms with van der Waals surface area (Å²) >= 11 is 0. The molecule has 0 spiro atoms. The summed E-state index contributed by atoms with van der Waals surface area (Å²) in [5.41, 5.74) is 1.27. The van der Waals surface area contributed by atoms with E-state index in [9.17, 15) is 13.2 Å². The molecular formula is C16H17N3O4S. The fourth-order valence-corrected chi connectivity index (χ4v) is 3.04. The van der Waals surface area contributed by atoms with Gasteiger partial charge in [0, 0.05) is 11.6 Å². The zero-order chi connectivity index (χ0) is 17.2. The number of rotatable bonds is 6. The molecule has 0 aliphatic heterocycles. The second-order valence-electron chi connectivity index (χ2n) is 5.41. The molecule has 2 heterocycles. The summed E-state index contributed by atoms with van der Waals surface area (Å²) in [6.07, 6.45) is 4.41. The fraction of sp³-hybridized carbons (Fsp3) is 0.188. The fourth-order valence-electron chi connectivity index (χ4n) is 2.46. The van der Waals surface area contributed by atoms with Crippen molar-refractivity contribution in [2.75, 3.05) is 11.0 Å². The molecule has 126 valence electrons. The number of hydrogen-bond acceptors (Lipinski definition) is 4. The summed E-state index contributed by atoms with van der Waals surface area (Å²) in [4.78, 5) is 12.1. The highest BCUT2D eigenvalue weighted by Crippen LogP contribution is 2.25. The Morgan fingerprint density at radius 1 is 1.21 bits per heavy atom. The molecule has 24 heavy (non-hydrogen) atoms. The highest BCUT2D eigenvalue weighted by Gasteiger charge is 2.11. The lowest BCUT2D eigenvalue weighted by atomic mass is 10.2. The van der Waals surface area contributed by atoms with Crippen molar-refractivity contribution in [2.24, 2.45) is 0 Å². The molecule has 3 rings (SSSR count). The number of carbonyl (C=O) groups excluding carboxylic acids is 1. The Morgan fingerprint density at radius 2 is 2.04 bits per heavy atom. The lowest BCUT2D eigenvalue weighted by Gasteiger charge is -2.08. The first-order valence-corrected chi connectivity index (χ1v) is 9.16. The molecule has 0 unspecified atom stereocenters. The number of aromatic nitrogens is 1. The number of anilines is 1. The van der Waals surface area contributed by atoms with Gasteiger partial charge in [-0.25, -0.2) is 8.42 Å². The summed E-state index contributed by atoms with van der Waals surface area (Å²) in [5.74, 6) is 0.519. The summed E-state index contributed by atoms with van der Waals surface area (Å²) < 4.78 is 32.3. The van der Waals surface area contributed by atoms with Gasteiger partial charge < -0.3 is 14.3 Å². The number of carbonyl (C=O) groups is 1. The Labute approximate surface area is 139 Å². The number of fused-ring (bicyclic) bond motifs is 1. The molecule has 0 aliphatic rings. The van der Waals surface area contributed by atoms with Crippen molar-refractivity contribution in [2.45, 2.75) is 13.1 Å². The maximum atomic E-state index is 12.1. The predicted molar refractivity (Wildman–Crippen MR) is 91.0 cm³/mol. The molecule has 7 nitrogen and oxygen atoms in total. The molecule has 0 saturated carbocycles. The van der Waals surface area contributed by atoms with Gasteiger partial charge in [-0.1, -0.05) is 6.07 Å². The number of nitrogens with zero attached hydrogens (tertiary/aromatic N) is 1. The van der Waals surface area contributed by atoms with Gasteiger partial charge in [0.1, 0.15) is 12.3 Å². The van der Waals surface area contributed by atoms with Crippen molar-refractivity contribution >= 4 is 32.5 Å². The Balaban J connectivity index is 1.75. The minimum atomic E-state index is -3.37. The van der Waals surface area contributed by atoms with Crippen molar-refractivity contribution in [3.63, 3.8) is 0 Å². The number of sulfonamides is 1. The van der Waals surface area contributed by atoms with Crippen LogP contribution < -0.4 is 10.0 Å². The third kappa shape index (κ3) is 3.77. The summed E-state index contributed by atoms with van der Waals surface area (Å²) in [5, 5.41) is 3.51. The molecule has 8 heteroatoms. The maximum Gasteiger partial charge on any atom is 0.240 e. The van der Waals surface area contributed by atoms with Crippen molar-refractivity contribution in [1.82, 2.24) is 9.88 Å². The van der Waals surface area contributed by atoms with Crippen molar-refractivity contribution in [1.29, 1.82) is 0 Å². The second kappa shape index (κ2) is 6.40. The minimum Gasteiger partial charge on any atom is -0.467 e. The van der Waals surface area contributed by atoms with Crippen molar-refractivity contribution in [3.05, 3.63) is 54.6 Å². The van der Waals surface area contributed by atoms with Crippen LogP contribution in [-0.4, -0.2) is 25.1 Å². The second-order valence-corrected chi connectivity index (χ2v) is 7.16. The Kier molecular flexibility index (Phi) is 4.30. The van der Waals surface area contributed by atoms with Gasteiger partial charge in [-0.2, -0.15) is 0 Å². The van der Waals surface area contributed by atoms with E-state index in [2.05, 4.69) is 10.0 Å². The Hall–Kier alpha value is -2.74. The number of furan rings is 1. The van der Waals surface area contributed by atoms with E-state index in [1.54, 1.807) is 47.4 Å². The van der Waals surface area contributed by atoms with Gasteiger partial charge in [0.05, 0.1) is 30.3 Å². The van der Waals surface area contributed by atoms with Crippen LogP contribution in [0.3, 0.4) is 0 Å². The SMILES string of the molecule is CS(=O)(=O)Nc1cccc2c1ccn2CC(=O)NCc1ccco1. The van der Waals surface area contributed by atoms with Crippen LogP contribution >= 0.6 is 0 Å². The smallest absolute Gasteiger partial charge is 0.240 e. The van der Waals surface area contributed by atoms with Crippen LogP contribution in [0.4, 0.5) is 5.69 Å². The zero-order valence-corrected chi connectivity index (χ0v) is 13.8.